The normalized spacial score (nSPS) is 13.9. The first kappa shape index (κ1) is 17.2. The van der Waals surface area contributed by atoms with E-state index in [2.05, 4.69) is 23.1 Å². The molecule has 25 heavy (non-hydrogen) atoms. The molecule has 0 bridgehead atoms. The fourth-order valence-corrected chi connectivity index (χ4v) is 2.87. The number of nitrogen functional groups attached to an aromatic ring is 1. The molecule has 0 spiro atoms. The van der Waals surface area contributed by atoms with Gasteiger partial charge < -0.3 is 15.4 Å². The number of fused-ring (bicyclic) bond motifs is 1. The van der Waals surface area contributed by atoms with Gasteiger partial charge in [0.25, 0.3) is 5.91 Å². The van der Waals surface area contributed by atoms with Crippen LogP contribution in [0.25, 0.3) is 11.2 Å². The number of methoxy groups -OCH3 is 1. The Morgan fingerprint density at radius 3 is 2.88 bits per heavy atom. The number of carbonyl (C=O) groups is 1. The number of ether oxygens (including phenoxy) is 1. The molecule has 1 aliphatic rings. The van der Waals surface area contributed by atoms with Crippen LogP contribution >= 0.6 is 0 Å². The minimum atomic E-state index is -0.0946. The van der Waals surface area contributed by atoms with Gasteiger partial charge in [0.05, 0.1) is 17.9 Å². The van der Waals surface area contributed by atoms with Crippen molar-refractivity contribution in [3.63, 3.8) is 0 Å². The summed E-state index contributed by atoms with van der Waals surface area (Å²) in [5, 5.41) is 4.51. The summed E-state index contributed by atoms with van der Waals surface area (Å²) in [6, 6.07) is 1.66. The predicted molar refractivity (Wildman–Crippen MR) is 97.2 cm³/mol. The van der Waals surface area contributed by atoms with Crippen molar-refractivity contribution < 1.29 is 9.53 Å². The number of carbonyl (C=O) groups excluding carboxylic acids is 1. The number of amides is 1. The molecule has 0 aromatic carbocycles. The lowest BCUT2D eigenvalue weighted by Crippen LogP contribution is -2.33. The average molecular weight is 341 g/mol. The van der Waals surface area contributed by atoms with E-state index in [9.17, 15) is 4.79 Å². The fourth-order valence-electron chi connectivity index (χ4n) is 2.87. The number of anilines is 1. The van der Waals surface area contributed by atoms with Crippen LogP contribution < -0.4 is 5.73 Å². The number of allylic oxidation sites excluding steroid dienone is 4. The molecular formula is C18H23N5O2. The molecule has 7 heteroatoms. The van der Waals surface area contributed by atoms with E-state index in [4.69, 9.17) is 10.5 Å². The first-order chi connectivity index (χ1) is 12.0. The van der Waals surface area contributed by atoms with Gasteiger partial charge in [0.1, 0.15) is 0 Å². The molecule has 3 rings (SSSR count). The van der Waals surface area contributed by atoms with E-state index < -0.39 is 0 Å². The molecule has 7 nitrogen and oxygen atoms in total. The van der Waals surface area contributed by atoms with Gasteiger partial charge in [-0.15, -0.1) is 5.10 Å². The molecule has 1 aliphatic carbocycles. The zero-order chi connectivity index (χ0) is 18.0. The minimum Gasteiger partial charge on any atom is -0.396 e. The van der Waals surface area contributed by atoms with Crippen molar-refractivity contribution in [2.24, 2.45) is 0 Å². The van der Waals surface area contributed by atoms with Gasteiger partial charge in [-0.05, 0) is 26.3 Å². The fraction of sp³-hybridized carbons (Fsp3) is 0.389. The van der Waals surface area contributed by atoms with Crippen LogP contribution in [0.4, 0.5) is 5.69 Å². The quantitative estimate of drug-likeness (QED) is 0.870. The van der Waals surface area contributed by atoms with Gasteiger partial charge >= 0.3 is 0 Å². The number of nitrogens with two attached hydrogens (primary N) is 1. The van der Waals surface area contributed by atoms with Gasteiger partial charge in [0.15, 0.2) is 11.5 Å². The van der Waals surface area contributed by atoms with E-state index in [-0.39, 0.29) is 5.91 Å². The number of pyridine rings is 1. The zero-order valence-electron chi connectivity index (χ0n) is 14.8. The number of rotatable bonds is 6. The van der Waals surface area contributed by atoms with E-state index in [1.807, 2.05) is 13.0 Å². The Morgan fingerprint density at radius 1 is 1.44 bits per heavy atom. The van der Waals surface area contributed by atoms with Crippen LogP contribution in [0.15, 0.2) is 30.0 Å². The summed E-state index contributed by atoms with van der Waals surface area (Å²) in [6.07, 6.45) is 6.61. The molecule has 0 saturated heterocycles. The van der Waals surface area contributed by atoms with Crippen LogP contribution in [-0.4, -0.2) is 52.2 Å². The van der Waals surface area contributed by atoms with Crippen LogP contribution in [0.2, 0.25) is 0 Å². The van der Waals surface area contributed by atoms with E-state index >= 15 is 0 Å². The van der Waals surface area contributed by atoms with E-state index in [0.29, 0.717) is 42.4 Å². The molecule has 2 aromatic rings. The molecule has 0 unspecified atom stereocenters. The van der Waals surface area contributed by atoms with E-state index in [1.54, 1.807) is 28.8 Å². The van der Waals surface area contributed by atoms with Crippen molar-refractivity contribution in [1.29, 1.82) is 0 Å². The topological polar surface area (TPSA) is 85.8 Å². The highest BCUT2D eigenvalue weighted by Crippen LogP contribution is 2.27. The lowest BCUT2D eigenvalue weighted by molar-refractivity contribution is 0.0706. The number of hydrogen-bond donors (Lipinski definition) is 1. The van der Waals surface area contributed by atoms with Gasteiger partial charge in [-0.3, -0.25) is 4.79 Å². The van der Waals surface area contributed by atoms with Gasteiger partial charge in [-0.2, -0.15) is 0 Å². The number of nitrogens with zero attached hydrogens (tertiary/aromatic N) is 4. The van der Waals surface area contributed by atoms with Crippen LogP contribution in [0.1, 0.15) is 36.5 Å². The standard InChI is InChI=1S/C18H23N5O2/c1-4-22(7-8-25-3)18(24)14-10-15(19)17-20-16(21-23(17)11-14)13-6-5-12(2)9-13/h5-6,10-11H,4,7-9,19H2,1-3H3. The Labute approximate surface area is 146 Å². The highest BCUT2D eigenvalue weighted by molar-refractivity contribution is 5.95. The molecule has 0 saturated carbocycles. The lowest BCUT2D eigenvalue weighted by Gasteiger charge is -2.20. The number of aromatic nitrogens is 3. The maximum Gasteiger partial charge on any atom is 0.255 e. The van der Waals surface area contributed by atoms with Crippen LogP contribution in [-0.2, 0) is 4.74 Å². The van der Waals surface area contributed by atoms with Crippen molar-refractivity contribution in [1.82, 2.24) is 19.5 Å². The first-order valence-corrected chi connectivity index (χ1v) is 8.34. The van der Waals surface area contributed by atoms with Gasteiger partial charge in [0, 0.05) is 32.0 Å². The molecule has 0 radical (unpaired) electrons. The maximum atomic E-state index is 12.7. The molecule has 0 aliphatic heterocycles. The number of likely N-dealkylation sites (N-methyl/N-ethyl adjacent to an activating group) is 1. The summed E-state index contributed by atoms with van der Waals surface area (Å²) in [4.78, 5) is 19.0. The summed E-state index contributed by atoms with van der Waals surface area (Å²) < 4.78 is 6.66. The van der Waals surface area contributed by atoms with Gasteiger partial charge in [-0.1, -0.05) is 17.7 Å². The Kier molecular flexibility index (Phi) is 4.85. The Hall–Kier alpha value is -2.67. The number of hydrogen-bond acceptors (Lipinski definition) is 5. The minimum absolute atomic E-state index is 0.0946. The first-order valence-electron chi connectivity index (χ1n) is 8.34. The molecule has 1 amide bonds. The summed E-state index contributed by atoms with van der Waals surface area (Å²) in [6.45, 7) is 5.63. The summed E-state index contributed by atoms with van der Waals surface area (Å²) in [7, 11) is 1.62. The maximum absolute atomic E-state index is 12.7. The monoisotopic (exact) mass is 341 g/mol. The summed E-state index contributed by atoms with van der Waals surface area (Å²) >= 11 is 0. The summed E-state index contributed by atoms with van der Waals surface area (Å²) in [5.41, 5.74) is 9.96. The van der Waals surface area contributed by atoms with Crippen molar-refractivity contribution >= 4 is 22.8 Å². The Morgan fingerprint density at radius 2 is 2.24 bits per heavy atom. The largest absolute Gasteiger partial charge is 0.396 e. The highest BCUT2D eigenvalue weighted by atomic mass is 16.5. The second-order valence-corrected chi connectivity index (χ2v) is 6.15. The third-order valence-electron chi connectivity index (χ3n) is 4.27. The van der Waals surface area contributed by atoms with Crippen molar-refractivity contribution in [3.8, 4) is 0 Å². The van der Waals surface area contributed by atoms with Crippen LogP contribution in [0.5, 0.6) is 0 Å². The molecule has 0 atom stereocenters. The lowest BCUT2D eigenvalue weighted by atomic mass is 10.2. The molecular weight excluding hydrogens is 318 g/mol. The average Bonchev–Trinajstić information content (AvgIpc) is 3.21. The molecule has 2 N–H and O–H groups in total. The van der Waals surface area contributed by atoms with Gasteiger partial charge in [-0.25, -0.2) is 9.50 Å². The smallest absolute Gasteiger partial charge is 0.255 e. The second-order valence-electron chi connectivity index (χ2n) is 6.15. The SMILES string of the molecule is CCN(CCOC)C(=O)c1cc(N)c2nc(C3=CC=C(C)C3)nn2c1. The van der Waals surface area contributed by atoms with Crippen LogP contribution in [0.3, 0.4) is 0 Å². The van der Waals surface area contributed by atoms with Crippen molar-refractivity contribution in [3.05, 3.63) is 41.4 Å². The van der Waals surface area contributed by atoms with Crippen molar-refractivity contribution in [2.45, 2.75) is 20.3 Å². The molecule has 2 heterocycles. The zero-order valence-corrected chi connectivity index (χ0v) is 14.8. The summed E-state index contributed by atoms with van der Waals surface area (Å²) in [5.74, 6) is 0.555. The van der Waals surface area contributed by atoms with Crippen molar-refractivity contribution in [2.75, 3.05) is 32.5 Å². The third kappa shape index (κ3) is 3.41. The van der Waals surface area contributed by atoms with E-state index in [1.165, 1.54) is 5.57 Å². The second kappa shape index (κ2) is 7.06. The Bertz CT molecular complexity index is 866. The highest BCUT2D eigenvalue weighted by Gasteiger charge is 2.19. The molecule has 2 aromatic heterocycles. The molecule has 0 fully saturated rings. The van der Waals surface area contributed by atoms with Crippen LogP contribution in [0, 0.1) is 0 Å². The predicted octanol–water partition coefficient (Wildman–Crippen LogP) is 2.15. The third-order valence-corrected chi connectivity index (χ3v) is 4.27. The van der Waals surface area contributed by atoms with Gasteiger partial charge in [0.2, 0.25) is 0 Å². The molecule has 132 valence electrons. The van der Waals surface area contributed by atoms with E-state index in [0.717, 1.165) is 12.0 Å². The Balaban J connectivity index is 1.92.